The van der Waals surface area contributed by atoms with Crippen LogP contribution in [-0.2, 0) is 13.0 Å². The number of carbonyl (C=O) groups is 1. The van der Waals surface area contributed by atoms with Crippen molar-refractivity contribution in [1.82, 2.24) is 19.9 Å². The SMILES string of the molecule is COc1cccc(NC(=O)N2CCc3nc(-c4cccnc4)nc(OCC#N)c3C2)c1. The van der Waals surface area contributed by atoms with Gasteiger partial charge < -0.3 is 19.7 Å². The zero-order valence-corrected chi connectivity index (χ0v) is 16.9. The number of urea groups is 1. The highest BCUT2D eigenvalue weighted by atomic mass is 16.5. The number of fused-ring (bicyclic) bond motifs is 1. The first kappa shape index (κ1) is 20.1. The highest BCUT2D eigenvalue weighted by Crippen LogP contribution is 2.29. The van der Waals surface area contributed by atoms with Gasteiger partial charge in [-0.15, -0.1) is 0 Å². The molecule has 0 bridgehead atoms. The number of rotatable bonds is 5. The molecule has 0 fully saturated rings. The number of ether oxygens (including phenoxy) is 2. The Balaban J connectivity index is 1.58. The van der Waals surface area contributed by atoms with Crippen LogP contribution in [0.4, 0.5) is 10.5 Å². The molecule has 1 N–H and O–H groups in total. The summed E-state index contributed by atoms with van der Waals surface area (Å²) in [5.74, 6) is 1.45. The van der Waals surface area contributed by atoms with E-state index in [9.17, 15) is 4.79 Å². The highest BCUT2D eigenvalue weighted by molar-refractivity contribution is 5.89. The zero-order chi connectivity index (χ0) is 21.6. The van der Waals surface area contributed by atoms with Crippen LogP contribution in [0.1, 0.15) is 11.3 Å². The first-order valence-electron chi connectivity index (χ1n) is 9.68. The Bertz CT molecular complexity index is 1130. The van der Waals surface area contributed by atoms with Crippen LogP contribution in [-0.4, -0.2) is 46.1 Å². The minimum atomic E-state index is -0.249. The number of aromatic nitrogens is 3. The lowest BCUT2D eigenvalue weighted by Crippen LogP contribution is -2.39. The lowest BCUT2D eigenvalue weighted by molar-refractivity contribution is 0.204. The Kier molecular flexibility index (Phi) is 5.89. The molecule has 0 unspecified atom stereocenters. The van der Waals surface area contributed by atoms with Crippen molar-refractivity contribution in [2.45, 2.75) is 13.0 Å². The number of nitriles is 1. The van der Waals surface area contributed by atoms with Gasteiger partial charge in [0.2, 0.25) is 5.88 Å². The number of amides is 2. The molecular weight excluding hydrogens is 396 g/mol. The Morgan fingerprint density at radius 2 is 2.19 bits per heavy atom. The van der Waals surface area contributed by atoms with E-state index >= 15 is 0 Å². The van der Waals surface area contributed by atoms with Crippen molar-refractivity contribution in [1.29, 1.82) is 5.26 Å². The molecule has 0 aliphatic carbocycles. The molecule has 0 atom stereocenters. The molecule has 9 heteroatoms. The van der Waals surface area contributed by atoms with Gasteiger partial charge in [0.15, 0.2) is 12.4 Å². The molecule has 1 aromatic carbocycles. The van der Waals surface area contributed by atoms with Crippen molar-refractivity contribution in [3.05, 3.63) is 60.0 Å². The summed E-state index contributed by atoms with van der Waals surface area (Å²) < 4.78 is 10.8. The first-order chi connectivity index (χ1) is 15.2. The van der Waals surface area contributed by atoms with E-state index in [-0.39, 0.29) is 19.2 Å². The molecule has 31 heavy (non-hydrogen) atoms. The maximum atomic E-state index is 12.8. The number of nitrogens with zero attached hydrogens (tertiary/aromatic N) is 5. The molecule has 2 aromatic heterocycles. The second-order valence-electron chi connectivity index (χ2n) is 6.80. The summed E-state index contributed by atoms with van der Waals surface area (Å²) in [5.41, 5.74) is 2.90. The van der Waals surface area contributed by atoms with E-state index in [2.05, 4.69) is 20.3 Å². The molecule has 2 amide bonds. The fourth-order valence-corrected chi connectivity index (χ4v) is 3.30. The van der Waals surface area contributed by atoms with Crippen LogP contribution in [0.15, 0.2) is 48.8 Å². The normalized spacial score (nSPS) is 12.5. The van der Waals surface area contributed by atoms with Gasteiger partial charge in [0.1, 0.15) is 11.8 Å². The second-order valence-corrected chi connectivity index (χ2v) is 6.80. The van der Waals surface area contributed by atoms with Crippen molar-refractivity contribution >= 4 is 11.7 Å². The maximum absolute atomic E-state index is 12.8. The van der Waals surface area contributed by atoms with Crippen LogP contribution >= 0.6 is 0 Å². The molecule has 0 radical (unpaired) electrons. The molecule has 3 aromatic rings. The Hall–Kier alpha value is -4.19. The average Bonchev–Trinajstić information content (AvgIpc) is 2.82. The van der Waals surface area contributed by atoms with Gasteiger partial charge in [-0.25, -0.2) is 9.78 Å². The molecule has 0 saturated carbocycles. The third kappa shape index (κ3) is 4.53. The van der Waals surface area contributed by atoms with Crippen molar-refractivity contribution in [3.8, 4) is 29.1 Å². The van der Waals surface area contributed by atoms with E-state index in [1.807, 2.05) is 24.3 Å². The van der Waals surface area contributed by atoms with Gasteiger partial charge >= 0.3 is 6.03 Å². The minimum Gasteiger partial charge on any atom is -0.497 e. The van der Waals surface area contributed by atoms with E-state index in [1.54, 1.807) is 42.6 Å². The number of benzene rings is 1. The fraction of sp³-hybridized carbons (Fsp3) is 0.227. The second kappa shape index (κ2) is 9.09. The van der Waals surface area contributed by atoms with Gasteiger partial charge in [-0.3, -0.25) is 4.98 Å². The van der Waals surface area contributed by atoms with Gasteiger partial charge in [-0.05, 0) is 24.3 Å². The molecular formula is C22H20N6O3. The van der Waals surface area contributed by atoms with Gasteiger partial charge in [-0.2, -0.15) is 10.2 Å². The van der Waals surface area contributed by atoms with Crippen molar-refractivity contribution in [2.24, 2.45) is 0 Å². The first-order valence-corrected chi connectivity index (χ1v) is 9.68. The molecule has 3 heterocycles. The molecule has 156 valence electrons. The van der Waals surface area contributed by atoms with E-state index in [4.69, 9.17) is 14.7 Å². The molecule has 1 aliphatic rings. The van der Waals surface area contributed by atoms with E-state index in [0.29, 0.717) is 41.7 Å². The highest BCUT2D eigenvalue weighted by Gasteiger charge is 2.27. The summed E-state index contributed by atoms with van der Waals surface area (Å²) in [6, 6.07) is 12.5. The van der Waals surface area contributed by atoms with Crippen LogP contribution in [0.5, 0.6) is 11.6 Å². The number of pyridine rings is 1. The summed E-state index contributed by atoms with van der Waals surface area (Å²) in [4.78, 5) is 27.8. The van der Waals surface area contributed by atoms with Crippen molar-refractivity contribution in [3.63, 3.8) is 0 Å². The fourth-order valence-electron chi connectivity index (χ4n) is 3.30. The maximum Gasteiger partial charge on any atom is 0.322 e. The number of hydrogen-bond acceptors (Lipinski definition) is 7. The van der Waals surface area contributed by atoms with Crippen LogP contribution in [0.2, 0.25) is 0 Å². The quantitative estimate of drug-likeness (QED) is 0.680. The molecule has 0 saturated heterocycles. The summed E-state index contributed by atoms with van der Waals surface area (Å²) in [7, 11) is 1.57. The number of anilines is 1. The summed E-state index contributed by atoms with van der Waals surface area (Å²) >= 11 is 0. The Morgan fingerprint density at radius 3 is 2.97 bits per heavy atom. The standard InChI is InChI=1S/C22H20N6O3/c1-30-17-6-2-5-16(12-17)25-22(29)28-10-7-19-18(14-28)21(31-11-8-23)27-20(26-19)15-4-3-9-24-13-15/h2-6,9,12-13H,7,10-11,14H2,1H3,(H,25,29). The van der Waals surface area contributed by atoms with Crippen LogP contribution in [0.25, 0.3) is 11.4 Å². The average molecular weight is 416 g/mol. The Morgan fingerprint density at radius 1 is 1.29 bits per heavy atom. The topological polar surface area (TPSA) is 113 Å². The van der Waals surface area contributed by atoms with E-state index in [1.165, 1.54) is 0 Å². The van der Waals surface area contributed by atoms with Crippen LogP contribution in [0.3, 0.4) is 0 Å². The predicted octanol–water partition coefficient (Wildman–Crippen LogP) is 3.04. The number of methoxy groups -OCH3 is 1. The lowest BCUT2D eigenvalue weighted by atomic mass is 10.1. The van der Waals surface area contributed by atoms with Gasteiger partial charge in [0.05, 0.1) is 24.9 Å². The minimum absolute atomic E-state index is 0.147. The molecule has 0 spiro atoms. The number of hydrogen-bond donors (Lipinski definition) is 1. The zero-order valence-electron chi connectivity index (χ0n) is 16.9. The number of nitrogens with one attached hydrogen (secondary N) is 1. The van der Waals surface area contributed by atoms with E-state index < -0.39 is 0 Å². The smallest absolute Gasteiger partial charge is 0.322 e. The van der Waals surface area contributed by atoms with Gasteiger partial charge in [0, 0.05) is 42.7 Å². The summed E-state index contributed by atoms with van der Waals surface area (Å²) in [6.07, 6.45) is 3.89. The monoisotopic (exact) mass is 416 g/mol. The van der Waals surface area contributed by atoms with Crippen LogP contribution in [0, 0.1) is 11.3 Å². The molecule has 4 rings (SSSR count). The summed E-state index contributed by atoms with van der Waals surface area (Å²) in [6.45, 7) is 0.620. The predicted molar refractivity (Wildman–Crippen MR) is 112 cm³/mol. The van der Waals surface area contributed by atoms with Crippen LogP contribution < -0.4 is 14.8 Å². The van der Waals surface area contributed by atoms with Gasteiger partial charge in [-0.1, -0.05) is 6.07 Å². The number of carbonyl (C=O) groups excluding carboxylic acids is 1. The largest absolute Gasteiger partial charge is 0.497 e. The van der Waals surface area contributed by atoms with Gasteiger partial charge in [0.25, 0.3) is 0 Å². The molecule has 9 nitrogen and oxygen atoms in total. The van der Waals surface area contributed by atoms with Crippen molar-refractivity contribution < 1.29 is 14.3 Å². The van der Waals surface area contributed by atoms with Crippen molar-refractivity contribution in [2.75, 3.05) is 25.6 Å². The lowest BCUT2D eigenvalue weighted by Gasteiger charge is -2.29. The third-order valence-corrected chi connectivity index (χ3v) is 4.82. The van der Waals surface area contributed by atoms with E-state index in [0.717, 1.165) is 11.3 Å². The Labute approximate surface area is 179 Å². The molecule has 1 aliphatic heterocycles. The third-order valence-electron chi connectivity index (χ3n) is 4.82. The summed E-state index contributed by atoms with van der Waals surface area (Å²) in [5, 5.41) is 11.8.